The molecule has 0 saturated heterocycles. The first-order valence-electron chi connectivity index (χ1n) is 3.63. The molecule has 3 nitrogen and oxygen atoms in total. The number of nitrogens with zero attached hydrogens (tertiary/aromatic N) is 2. The number of nitriles is 1. The van der Waals surface area contributed by atoms with Crippen LogP contribution in [-0.2, 0) is 0 Å². The van der Waals surface area contributed by atoms with E-state index < -0.39 is 0 Å². The highest BCUT2D eigenvalue weighted by Gasteiger charge is 2.11. The number of carbonyl (C=O) groups excluding carboxylic acids is 1. The van der Waals surface area contributed by atoms with E-state index in [0.717, 1.165) is 5.56 Å². The van der Waals surface area contributed by atoms with Gasteiger partial charge in [0, 0.05) is 0 Å². The normalized spacial score (nSPS) is 9.38. The van der Waals surface area contributed by atoms with Crippen LogP contribution in [0.5, 0.6) is 0 Å². The molecule has 0 N–H and O–H groups in total. The predicted molar refractivity (Wildman–Crippen MR) is 48.8 cm³/mol. The van der Waals surface area contributed by atoms with E-state index in [-0.39, 0.29) is 10.8 Å². The molecular weight excluding hydrogens is 188 g/mol. The summed E-state index contributed by atoms with van der Waals surface area (Å²) in [5.41, 5.74) is 1.86. The summed E-state index contributed by atoms with van der Waals surface area (Å²) in [6.07, 6.45) is 0.629. The molecule has 13 heavy (non-hydrogen) atoms. The molecule has 0 aliphatic carbocycles. The molecule has 1 aromatic rings. The molecular formula is C9H7ClN2O. The van der Waals surface area contributed by atoms with Crippen molar-refractivity contribution in [3.8, 4) is 6.07 Å². The Balaban J connectivity index is 3.60. The smallest absolute Gasteiger partial charge is 0.153 e. The number of carbonyl (C=O) groups is 1. The maximum atomic E-state index is 10.6. The van der Waals surface area contributed by atoms with Gasteiger partial charge in [0.15, 0.2) is 12.0 Å². The SMILES string of the molecule is Cc1c(Cl)nc(C#N)c(C=O)c1C. The first-order chi connectivity index (χ1) is 6.11. The van der Waals surface area contributed by atoms with Gasteiger partial charge in [-0.05, 0) is 25.0 Å². The average Bonchev–Trinajstić information content (AvgIpc) is 2.13. The van der Waals surface area contributed by atoms with Gasteiger partial charge in [-0.3, -0.25) is 4.79 Å². The lowest BCUT2D eigenvalue weighted by atomic mass is 10.1. The van der Waals surface area contributed by atoms with E-state index in [1.54, 1.807) is 13.8 Å². The van der Waals surface area contributed by atoms with Crippen LogP contribution in [0, 0.1) is 25.2 Å². The van der Waals surface area contributed by atoms with Crippen molar-refractivity contribution < 1.29 is 4.79 Å². The van der Waals surface area contributed by atoms with Crippen LogP contribution in [0.25, 0.3) is 0 Å². The molecule has 0 aliphatic heterocycles. The summed E-state index contributed by atoms with van der Waals surface area (Å²) < 4.78 is 0. The molecule has 0 aliphatic rings. The molecule has 0 spiro atoms. The number of hydrogen-bond acceptors (Lipinski definition) is 3. The number of aldehydes is 1. The van der Waals surface area contributed by atoms with Gasteiger partial charge < -0.3 is 0 Å². The van der Waals surface area contributed by atoms with E-state index in [4.69, 9.17) is 16.9 Å². The van der Waals surface area contributed by atoms with Gasteiger partial charge in [-0.15, -0.1) is 0 Å². The van der Waals surface area contributed by atoms with Crippen LogP contribution >= 0.6 is 11.6 Å². The lowest BCUT2D eigenvalue weighted by Gasteiger charge is -2.05. The molecule has 0 unspecified atom stereocenters. The van der Waals surface area contributed by atoms with Gasteiger partial charge in [-0.25, -0.2) is 4.98 Å². The third-order valence-electron chi connectivity index (χ3n) is 1.96. The minimum atomic E-state index is 0.0862. The highest BCUT2D eigenvalue weighted by molar-refractivity contribution is 6.30. The second-order valence-corrected chi connectivity index (χ2v) is 3.00. The number of rotatable bonds is 1. The summed E-state index contributed by atoms with van der Waals surface area (Å²) >= 11 is 5.75. The van der Waals surface area contributed by atoms with Gasteiger partial charge in [0.1, 0.15) is 11.2 Å². The Labute approximate surface area is 81.0 Å². The third-order valence-corrected chi connectivity index (χ3v) is 2.33. The monoisotopic (exact) mass is 194 g/mol. The summed E-state index contributed by atoms with van der Waals surface area (Å²) in [5.74, 6) is 0. The molecule has 1 heterocycles. The molecule has 66 valence electrons. The molecule has 0 aromatic carbocycles. The van der Waals surface area contributed by atoms with Crippen molar-refractivity contribution in [2.24, 2.45) is 0 Å². The van der Waals surface area contributed by atoms with E-state index in [1.807, 2.05) is 6.07 Å². The fraction of sp³-hybridized carbons (Fsp3) is 0.222. The van der Waals surface area contributed by atoms with E-state index in [1.165, 1.54) is 0 Å². The van der Waals surface area contributed by atoms with Crippen LogP contribution in [-0.4, -0.2) is 11.3 Å². The quantitative estimate of drug-likeness (QED) is 0.508. The van der Waals surface area contributed by atoms with Crippen LogP contribution in [0.4, 0.5) is 0 Å². The molecule has 0 radical (unpaired) electrons. The zero-order chi connectivity index (χ0) is 10.0. The van der Waals surface area contributed by atoms with Gasteiger partial charge in [0.05, 0.1) is 5.56 Å². The largest absolute Gasteiger partial charge is 0.298 e. The Hall–Kier alpha value is -1.40. The Morgan fingerprint density at radius 1 is 1.46 bits per heavy atom. The van der Waals surface area contributed by atoms with Crippen molar-refractivity contribution in [2.45, 2.75) is 13.8 Å². The molecule has 0 bridgehead atoms. The number of halogens is 1. The Kier molecular flexibility index (Phi) is 2.64. The van der Waals surface area contributed by atoms with Crippen LogP contribution in [0.1, 0.15) is 27.2 Å². The standard InChI is InChI=1S/C9H7ClN2O/c1-5-6(2)9(10)12-8(3-11)7(5)4-13/h4H,1-2H3. The minimum Gasteiger partial charge on any atom is -0.298 e. The predicted octanol–water partition coefficient (Wildman–Crippen LogP) is 2.04. The second kappa shape index (κ2) is 3.55. The molecule has 0 saturated carbocycles. The van der Waals surface area contributed by atoms with E-state index in [2.05, 4.69) is 4.98 Å². The summed E-state index contributed by atoms with van der Waals surface area (Å²) in [7, 11) is 0. The van der Waals surface area contributed by atoms with Crippen molar-refractivity contribution in [1.29, 1.82) is 5.26 Å². The lowest BCUT2D eigenvalue weighted by Crippen LogP contribution is -1.99. The van der Waals surface area contributed by atoms with Crippen molar-refractivity contribution in [1.82, 2.24) is 4.98 Å². The number of hydrogen-bond donors (Lipinski definition) is 0. The summed E-state index contributed by atoms with van der Waals surface area (Å²) in [4.78, 5) is 14.4. The van der Waals surface area contributed by atoms with E-state index >= 15 is 0 Å². The lowest BCUT2D eigenvalue weighted by molar-refractivity contribution is 0.112. The topological polar surface area (TPSA) is 53.8 Å². The Morgan fingerprint density at radius 3 is 2.54 bits per heavy atom. The Bertz CT molecular complexity index is 407. The van der Waals surface area contributed by atoms with E-state index in [9.17, 15) is 4.79 Å². The molecule has 0 amide bonds. The zero-order valence-electron chi connectivity index (χ0n) is 7.26. The molecule has 1 rings (SSSR count). The highest BCUT2D eigenvalue weighted by Crippen LogP contribution is 2.20. The fourth-order valence-electron chi connectivity index (χ4n) is 1.01. The van der Waals surface area contributed by atoms with Crippen LogP contribution in [0.15, 0.2) is 0 Å². The molecule has 0 atom stereocenters. The maximum absolute atomic E-state index is 10.6. The third kappa shape index (κ3) is 1.53. The van der Waals surface area contributed by atoms with Crippen LogP contribution in [0.2, 0.25) is 5.15 Å². The van der Waals surface area contributed by atoms with Crippen molar-refractivity contribution in [3.05, 3.63) is 27.5 Å². The summed E-state index contributed by atoms with van der Waals surface area (Å²) in [6.45, 7) is 3.51. The highest BCUT2D eigenvalue weighted by atomic mass is 35.5. The molecule has 1 aromatic heterocycles. The van der Waals surface area contributed by atoms with Gasteiger partial charge in [-0.1, -0.05) is 11.6 Å². The first kappa shape index (κ1) is 9.69. The van der Waals surface area contributed by atoms with Crippen molar-refractivity contribution in [3.63, 3.8) is 0 Å². The van der Waals surface area contributed by atoms with Crippen molar-refractivity contribution in [2.75, 3.05) is 0 Å². The van der Waals surface area contributed by atoms with Crippen LogP contribution < -0.4 is 0 Å². The van der Waals surface area contributed by atoms with Gasteiger partial charge in [-0.2, -0.15) is 5.26 Å². The zero-order valence-corrected chi connectivity index (χ0v) is 8.01. The first-order valence-corrected chi connectivity index (χ1v) is 4.01. The average molecular weight is 195 g/mol. The summed E-state index contributed by atoms with van der Waals surface area (Å²) in [5, 5.41) is 8.94. The second-order valence-electron chi connectivity index (χ2n) is 2.64. The molecule has 0 fully saturated rings. The van der Waals surface area contributed by atoms with Crippen molar-refractivity contribution >= 4 is 17.9 Å². The summed E-state index contributed by atoms with van der Waals surface area (Å²) in [6, 6.07) is 1.83. The number of pyridine rings is 1. The van der Waals surface area contributed by atoms with Crippen LogP contribution in [0.3, 0.4) is 0 Å². The van der Waals surface area contributed by atoms with Gasteiger partial charge in [0.25, 0.3) is 0 Å². The fourth-order valence-corrected chi connectivity index (χ4v) is 1.23. The van der Waals surface area contributed by atoms with E-state index in [0.29, 0.717) is 17.4 Å². The maximum Gasteiger partial charge on any atom is 0.153 e. The Morgan fingerprint density at radius 2 is 2.08 bits per heavy atom. The molecule has 4 heteroatoms. The minimum absolute atomic E-state index is 0.0862. The van der Waals surface area contributed by atoms with Gasteiger partial charge >= 0.3 is 0 Å². The van der Waals surface area contributed by atoms with Gasteiger partial charge in [0.2, 0.25) is 0 Å². The number of aromatic nitrogens is 1.